The first-order valence-electron chi connectivity index (χ1n) is 8.12. The molecular formula is C16H22N4O2S2. The second-order valence-electron chi connectivity index (χ2n) is 6.31. The Kier molecular flexibility index (Phi) is 5.17. The van der Waals surface area contributed by atoms with Crippen molar-refractivity contribution in [3.05, 3.63) is 22.3 Å². The van der Waals surface area contributed by atoms with Gasteiger partial charge in [-0.05, 0) is 57.3 Å². The molecule has 1 fully saturated rings. The van der Waals surface area contributed by atoms with Crippen LogP contribution in [0.1, 0.15) is 39.7 Å². The molecule has 0 aromatic carbocycles. The molecule has 1 aliphatic rings. The van der Waals surface area contributed by atoms with Crippen molar-refractivity contribution < 1.29 is 9.53 Å². The van der Waals surface area contributed by atoms with E-state index in [0.29, 0.717) is 10.6 Å². The smallest absolute Gasteiger partial charge is 0.243 e. The van der Waals surface area contributed by atoms with Gasteiger partial charge in [-0.1, -0.05) is 6.07 Å². The highest BCUT2D eigenvalue weighted by Gasteiger charge is 2.28. The van der Waals surface area contributed by atoms with Crippen LogP contribution in [0.25, 0.3) is 10.7 Å². The number of nitrogens with zero attached hydrogens (tertiary/aromatic N) is 2. The molecule has 0 radical (unpaired) electrons. The van der Waals surface area contributed by atoms with Crippen molar-refractivity contribution in [2.24, 2.45) is 0 Å². The standard InChI is InChI=1S/C16H22N4O2S2/c1-9-7-12(8-10(2)22-9)17-15(21)11(3)20-14(18-19-16(20)23)13-5-4-6-24-13/h4-6,9-12H,7-8H2,1-3H3,(H,17,21)(H,19,23)/t9-,10-,11-/m1/s1. The minimum absolute atomic E-state index is 0.0448. The second-order valence-corrected chi connectivity index (χ2v) is 7.64. The van der Waals surface area contributed by atoms with Crippen molar-refractivity contribution in [1.29, 1.82) is 0 Å². The number of carbonyl (C=O) groups is 1. The Bertz CT molecular complexity index is 742. The van der Waals surface area contributed by atoms with Gasteiger partial charge in [-0.25, -0.2) is 0 Å². The zero-order chi connectivity index (χ0) is 17.3. The molecule has 0 spiro atoms. The molecule has 0 bridgehead atoms. The summed E-state index contributed by atoms with van der Waals surface area (Å²) in [5, 5.41) is 12.2. The molecule has 0 saturated carbocycles. The Morgan fingerprint density at radius 3 is 2.83 bits per heavy atom. The summed E-state index contributed by atoms with van der Waals surface area (Å²) in [6.45, 7) is 5.93. The Morgan fingerprint density at radius 1 is 1.50 bits per heavy atom. The molecule has 2 aromatic heterocycles. The third kappa shape index (κ3) is 3.60. The summed E-state index contributed by atoms with van der Waals surface area (Å²) >= 11 is 6.90. The Morgan fingerprint density at radius 2 is 2.21 bits per heavy atom. The lowest BCUT2D eigenvalue weighted by Crippen LogP contribution is -2.45. The van der Waals surface area contributed by atoms with Gasteiger partial charge in [0, 0.05) is 6.04 Å². The average Bonchev–Trinajstić information content (AvgIpc) is 3.14. The van der Waals surface area contributed by atoms with Gasteiger partial charge in [0.15, 0.2) is 10.6 Å². The van der Waals surface area contributed by atoms with Crippen LogP contribution in [-0.4, -0.2) is 38.9 Å². The number of ether oxygens (including phenoxy) is 1. The van der Waals surface area contributed by atoms with E-state index >= 15 is 0 Å². The molecule has 6 nitrogen and oxygen atoms in total. The highest BCUT2D eigenvalue weighted by Crippen LogP contribution is 2.26. The maximum Gasteiger partial charge on any atom is 0.243 e. The van der Waals surface area contributed by atoms with Gasteiger partial charge in [-0.15, -0.1) is 11.3 Å². The largest absolute Gasteiger partial charge is 0.375 e. The Labute approximate surface area is 150 Å². The highest BCUT2D eigenvalue weighted by atomic mass is 32.1. The van der Waals surface area contributed by atoms with Gasteiger partial charge < -0.3 is 10.1 Å². The van der Waals surface area contributed by atoms with E-state index in [0.717, 1.165) is 17.7 Å². The first-order chi connectivity index (χ1) is 11.5. The number of nitrogens with one attached hydrogen (secondary N) is 2. The van der Waals surface area contributed by atoms with E-state index in [4.69, 9.17) is 17.0 Å². The summed E-state index contributed by atoms with van der Waals surface area (Å²) in [7, 11) is 0. The van der Waals surface area contributed by atoms with Gasteiger partial charge in [0.2, 0.25) is 5.91 Å². The number of H-pyrrole nitrogens is 1. The Hall–Kier alpha value is -1.51. The molecule has 130 valence electrons. The summed E-state index contributed by atoms with van der Waals surface area (Å²) in [6, 6.07) is 3.63. The fourth-order valence-corrected chi connectivity index (χ4v) is 4.21. The third-order valence-electron chi connectivity index (χ3n) is 4.26. The first kappa shape index (κ1) is 17.3. The molecule has 1 saturated heterocycles. The van der Waals surface area contributed by atoms with E-state index in [1.807, 2.05) is 38.3 Å². The molecule has 8 heteroatoms. The molecule has 1 amide bonds. The first-order valence-corrected chi connectivity index (χ1v) is 9.41. The van der Waals surface area contributed by atoms with Crippen LogP contribution in [0.5, 0.6) is 0 Å². The van der Waals surface area contributed by atoms with Crippen molar-refractivity contribution >= 4 is 29.5 Å². The van der Waals surface area contributed by atoms with Crippen molar-refractivity contribution in [3.8, 4) is 10.7 Å². The number of aromatic amines is 1. The highest BCUT2D eigenvalue weighted by molar-refractivity contribution is 7.71. The molecule has 0 aliphatic carbocycles. The molecule has 1 aliphatic heterocycles. The van der Waals surface area contributed by atoms with Gasteiger partial charge in [0.1, 0.15) is 6.04 Å². The SMILES string of the molecule is C[C@@H]1CC(NC(=O)[C@@H](C)n2c(-c3cccs3)n[nH]c2=S)C[C@@H](C)O1. The minimum atomic E-state index is -0.429. The van der Waals surface area contributed by atoms with Crippen LogP contribution < -0.4 is 5.32 Å². The number of hydrogen-bond donors (Lipinski definition) is 2. The minimum Gasteiger partial charge on any atom is -0.375 e. The van der Waals surface area contributed by atoms with Crippen LogP contribution in [0, 0.1) is 4.77 Å². The van der Waals surface area contributed by atoms with Crippen LogP contribution in [0.3, 0.4) is 0 Å². The van der Waals surface area contributed by atoms with Gasteiger partial charge in [-0.2, -0.15) is 5.10 Å². The molecular weight excluding hydrogens is 344 g/mol. The topological polar surface area (TPSA) is 71.9 Å². The fourth-order valence-electron chi connectivity index (χ4n) is 3.21. The van der Waals surface area contributed by atoms with E-state index in [2.05, 4.69) is 15.5 Å². The predicted molar refractivity (Wildman–Crippen MR) is 96.6 cm³/mol. The quantitative estimate of drug-likeness (QED) is 0.815. The van der Waals surface area contributed by atoms with Crippen molar-refractivity contribution in [2.75, 3.05) is 0 Å². The molecule has 3 atom stereocenters. The number of aromatic nitrogens is 3. The Balaban J connectivity index is 1.77. The van der Waals surface area contributed by atoms with Crippen LogP contribution in [-0.2, 0) is 9.53 Å². The molecule has 2 N–H and O–H groups in total. The van der Waals surface area contributed by atoms with E-state index in [1.165, 1.54) is 0 Å². The predicted octanol–water partition coefficient (Wildman–Crippen LogP) is 3.30. The number of thiophene rings is 1. The molecule has 3 rings (SSSR count). The summed E-state index contributed by atoms with van der Waals surface area (Å²) in [4.78, 5) is 13.7. The zero-order valence-electron chi connectivity index (χ0n) is 14.0. The maximum atomic E-state index is 12.7. The van der Waals surface area contributed by atoms with Crippen molar-refractivity contribution in [3.63, 3.8) is 0 Å². The van der Waals surface area contributed by atoms with E-state index in [9.17, 15) is 4.79 Å². The fraction of sp³-hybridized carbons (Fsp3) is 0.562. The van der Waals surface area contributed by atoms with Crippen molar-refractivity contribution in [2.45, 2.75) is 57.9 Å². The average molecular weight is 367 g/mol. The lowest BCUT2D eigenvalue weighted by molar-refractivity contribution is -0.126. The molecule has 3 heterocycles. The molecule has 2 aromatic rings. The van der Waals surface area contributed by atoms with E-state index in [1.54, 1.807) is 15.9 Å². The summed E-state index contributed by atoms with van der Waals surface area (Å²) < 4.78 is 7.96. The number of rotatable bonds is 4. The maximum absolute atomic E-state index is 12.7. The number of amides is 1. The molecule has 0 unspecified atom stereocenters. The summed E-state index contributed by atoms with van der Waals surface area (Å²) in [6.07, 6.45) is 1.98. The lowest BCUT2D eigenvalue weighted by atomic mass is 9.99. The molecule has 24 heavy (non-hydrogen) atoms. The second kappa shape index (κ2) is 7.16. The number of hydrogen-bond acceptors (Lipinski definition) is 5. The van der Waals surface area contributed by atoms with Crippen molar-refractivity contribution in [1.82, 2.24) is 20.1 Å². The van der Waals surface area contributed by atoms with Crippen LogP contribution in [0.15, 0.2) is 17.5 Å². The van der Waals surface area contributed by atoms with E-state index in [-0.39, 0.29) is 24.2 Å². The number of carbonyl (C=O) groups excluding carboxylic acids is 1. The van der Waals surface area contributed by atoms with Crippen LogP contribution >= 0.6 is 23.6 Å². The van der Waals surface area contributed by atoms with Crippen LogP contribution in [0.2, 0.25) is 0 Å². The van der Waals surface area contributed by atoms with Gasteiger partial charge in [-0.3, -0.25) is 14.5 Å². The lowest BCUT2D eigenvalue weighted by Gasteiger charge is -2.33. The normalized spacial score (nSPS) is 25.4. The summed E-state index contributed by atoms with van der Waals surface area (Å²) in [5.41, 5.74) is 0. The van der Waals surface area contributed by atoms with Crippen LogP contribution in [0.4, 0.5) is 0 Å². The third-order valence-corrected chi connectivity index (χ3v) is 5.41. The zero-order valence-corrected chi connectivity index (χ0v) is 15.6. The van der Waals surface area contributed by atoms with Gasteiger partial charge in [0.25, 0.3) is 0 Å². The van der Waals surface area contributed by atoms with Gasteiger partial charge in [0.05, 0.1) is 17.1 Å². The summed E-state index contributed by atoms with van der Waals surface area (Å²) in [5.74, 6) is 0.656. The van der Waals surface area contributed by atoms with Gasteiger partial charge >= 0.3 is 0 Å². The van der Waals surface area contributed by atoms with E-state index < -0.39 is 6.04 Å². The monoisotopic (exact) mass is 366 g/mol.